The molecule has 2 rings (SSSR count). The first kappa shape index (κ1) is 19.6. The summed E-state index contributed by atoms with van der Waals surface area (Å²) in [6.45, 7) is 1.58. The maximum absolute atomic E-state index is 13.2. The van der Waals surface area contributed by atoms with E-state index in [0.717, 1.165) is 18.2 Å². The summed E-state index contributed by atoms with van der Waals surface area (Å²) in [6.07, 6.45) is 0. The first-order valence-electron chi connectivity index (χ1n) is 7.36. The Morgan fingerprint density at radius 3 is 2.40 bits per heavy atom. The van der Waals surface area contributed by atoms with Crippen molar-refractivity contribution >= 4 is 31.9 Å². The molecule has 0 spiro atoms. The predicted molar refractivity (Wildman–Crippen MR) is 94.8 cm³/mol. The molecule has 0 fully saturated rings. The summed E-state index contributed by atoms with van der Waals surface area (Å²) in [7, 11) is -2.77. The van der Waals surface area contributed by atoms with Gasteiger partial charge in [-0.1, -0.05) is 37.3 Å². The molecule has 25 heavy (non-hydrogen) atoms. The summed E-state index contributed by atoms with van der Waals surface area (Å²) in [5.41, 5.74) is 0.613. The number of hydrogen-bond acceptors (Lipinski definition) is 4. The summed E-state index contributed by atoms with van der Waals surface area (Å²) in [6, 6.07) is 11.1. The van der Waals surface area contributed by atoms with Gasteiger partial charge in [0.25, 0.3) is 0 Å². The van der Waals surface area contributed by atoms with E-state index in [9.17, 15) is 17.6 Å². The summed E-state index contributed by atoms with van der Waals surface area (Å²) in [4.78, 5) is 11.8. The number of rotatable bonds is 6. The zero-order chi connectivity index (χ0) is 18.6. The molecule has 0 heterocycles. The van der Waals surface area contributed by atoms with E-state index in [2.05, 4.69) is 20.7 Å². The number of methoxy groups -OCH3 is 1. The smallest absolute Gasteiger partial charge is 0.310 e. The van der Waals surface area contributed by atoms with Crippen LogP contribution in [0.25, 0.3) is 0 Å². The van der Waals surface area contributed by atoms with Crippen LogP contribution in [0.4, 0.5) is 4.39 Å². The lowest BCUT2D eigenvalue weighted by atomic mass is 9.95. The minimum absolute atomic E-state index is 0.0949. The van der Waals surface area contributed by atoms with Crippen molar-refractivity contribution in [2.75, 3.05) is 7.11 Å². The topological polar surface area (TPSA) is 72.5 Å². The summed E-state index contributed by atoms with van der Waals surface area (Å²) < 4.78 is 46.1. The first-order valence-corrected chi connectivity index (χ1v) is 9.64. The summed E-state index contributed by atoms with van der Waals surface area (Å²) in [5.74, 6) is -1.87. The largest absolute Gasteiger partial charge is 0.469 e. The fraction of sp³-hybridized carbons (Fsp3) is 0.235. The van der Waals surface area contributed by atoms with Gasteiger partial charge in [-0.05, 0) is 39.7 Å². The highest BCUT2D eigenvalue weighted by molar-refractivity contribution is 9.10. The average Bonchev–Trinajstić information content (AvgIpc) is 2.58. The van der Waals surface area contributed by atoms with Gasteiger partial charge in [-0.25, -0.2) is 17.5 Å². The number of esters is 1. The normalized spacial score (nSPS) is 13.9. The summed E-state index contributed by atoms with van der Waals surface area (Å²) in [5, 5.41) is 0. The van der Waals surface area contributed by atoms with Crippen LogP contribution in [-0.4, -0.2) is 21.5 Å². The van der Waals surface area contributed by atoms with Gasteiger partial charge >= 0.3 is 5.97 Å². The molecular weight excluding hydrogens is 413 g/mol. The molecule has 0 saturated carbocycles. The molecular formula is C17H17BrFNO4S. The first-order chi connectivity index (χ1) is 11.8. The Labute approximate surface area is 154 Å². The predicted octanol–water partition coefficient (Wildman–Crippen LogP) is 3.42. The van der Waals surface area contributed by atoms with Crippen molar-refractivity contribution in [1.82, 2.24) is 4.72 Å². The van der Waals surface area contributed by atoms with Gasteiger partial charge in [-0.2, -0.15) is 0 Å². The fourth-order valence-corrected chi connectivity index (χ4v) is 4.72. The molecule has 0 aliphatic rings. The van der Waals surface area contributed by atoms with E-state index in [1.54, 1.807) is 37.3 Å². The quantitative estimate of drug-likeness (QED) is 0.713. The van der Waals surface area contributed by atoms with Crippen molar-refractivity contribution in [1.29, 1.82) is 0 Å². The molecule has 0 radical (unpaired) electrons. The van der Waals surface area contributed by atoms with Gasteiger partial charge in [0.1, 0.15) is 5.82 Å². The van der Waals surface area contributed by atoms with E-state index >= 15 is 0 Å². The zero-order valence-corrected chi connectivity index (χ0v) is 16.0. The standard InChI is InChI=1S/C17H17BrFNO4S/c1-11(17(21)24-2)16(12-6-4-3-5-7-12)20-25(22,23)15-9-8-13(19)10-14(15)18/h3-11,16,20H,1-2H3/t11-,16+/m1/s1. The van der Waals surface area contributed by atoms with Gasteiger partial charge in [0, 0.05) is 4.47 Å². The van der Waals surface area contributed by atoms with Crippen LogP contribution >= 0.6 is 15.9 Å². The lowest BCUT2D eigenvalue weighted by molar-refractivity contribution is -0.145. The van der Waals surface area contributed by atoms with Crippen molar-refractivity contribution in [2.45, 2.75) is 17.9 Å². The lowest BCUT2D eigenvalue weighted by Gasteiger charge is -2.24. The number of sulfonamides is 1. The van der Waals surface area contributed by atoms with Gasteiger partial charge < -0.3 is 4.74 Å². The molecule has 0 aliphatic heterocycles. The number of halogens is 2. The Bertz CT molecular complexity index is 858. The Balaban J connectivity index is 2.43. The maximum Gasteiger partial charge on any atom is 0.310 e. The molecule has 2 atom stereocenters. The van der Waals surface area contributed by atoms with Crippen molar-refractivity contribution in [3.8, 4) is 0 Å². The maximum atomic E-state index is 13.2. The third kappa shape index (κ3) is 4.65. The number of ether oxygens (including phenoxy) is 1. The number of carbonyl (C=O) groups is 1. The van der Waals surface area contributed by atoms with Crippen LogP contribution in [0.5, 0.6) is 0 Å². The molecule has 0 aromatic heterocycles. The Morgan fingerprint density at radius 1 is 1.20 bits per heavy atom. The molecule has 0 bridgehead atoms. The van der Waals surface area contributed by atoms with E-state index in [-0.39, 0.29) is 9.37 Å². The van der Waals surface area contributed by atoms with Gasteiger partial charge in [-0.15, -0.1) is 0 Å². The Morgan fingerprint density at radius 2 is 1.84 bits per heavy atom. The third-order valence-electron chi connectivity index (χ3n) is 3.70. The van der Waals surface area contributed by atoms with Gasteiger partial charge in [0.05, 0.1) is 24.0 Å². The van der Waals surface area contributed by atoms with Crippen LogP contribution in [0.1, 0.15) is 18.5 Å². The second kappa shape index (κ2) is 8.07. The Kier molecular flexibility index (Phi) is 6.31. The van der Waals surface area contributed by atoms with Crippen LogP contribution in [0.15, 0.2) is 57.9 Å². The van der Waals surface area contributed by atoms with E-state index in [1.165, 1.54) is 7.11 Å². The monoisotopic (exact) mass is 429 g/mol. The van der Waals surface area contributed by atoms with Crippen LogP contribution in [-0.2, 0) is 19.6 Å². The molecule has 8 heteroatoms. The molecule has 0 saturated heterocycles. The highest BCUT2D eigenvalue weighted by Gasteiger charge is 2.31. The van der Waals surface area contributed by atoms with E-state index in [1.807, 2.05) is 0 Å². The van der Waals surface area contributed by atoms with Crippen molar-refractivity contribution in [3.63, 3.8) is 0 Å². The van der Waals surface area contributed by atoms with Gasteiger partial charge in [0.2, 0.25) is 10.0 Å². The van der Waals surface area contributed by atoms with Crippen molar-refractivity contribution in [3.05, 3.63) is 64.4 Å². The van der Waals surface area contributed by atoms with E-state index in [0.29, 0.717) is 5.56 Å². The zero-order valence-electron chi connectivity index (χ0n) is 13.6. The second-order valence-electron chi connectivity index (χ2n) is 5.40. The van der Waals surface area contributed by atoms with Crippen molar-refractivity contribution in [2.24, 2.45) is 5.92 Å². The average molecular weight is 430 g/mol. The van der Waals surface area contributed by atoms with Gasteiger partial charge in [-0.3, -0.25) is 4.79 Å². The number of carbonyl (C=O) groups excluding carboxylic acids is 1. The van der Waals surface area contributed by atoms with Crippen LogP contribution in [0.2, 0.25) is 0 Å². The second-order valence-corrected chi connectivity index (χ2v) is 7.93. The number of benzene rings is 2. The van der Waals surface area contributed by atoms with E-state index < -0.39 is 33.8 Å². The molecule has 0 aliphatic carbocycles. The highest BCUT2D eigenvalue weighted by Crippen LogP contribution is 2.28. The minimum Gasteiger partial charge on any atom is -0.469 e. The SMILES string of the molecule is COC(=O)[C@H](C)[C@H](NS(=O)(=O)c1ccc(F)cc1Br)c1ccccc1. The molecule has 0 unspecified atom stereocenters. The summed E-state index contributed by atoms with van der Waals surface area (Å²) >= 11 is 3.06. The molecule has 2 aromatic rings. The van der Waals surface area contributed by atoms with E-state index in [4.69, 9.17) is 4.74 Å². The Hall–Kier alpha value is -1.77. The van der Waals surface area contributed by atoms with Crippen LogP contribution in [0, 0.1) is 11.7 Å². The molecule has 1 N–H and O–H groups in total. The number of hydrogen-bond donors (Lipinski definition) is 1. The van der Waals surface area contributed by atoms with Gasteiger partial charge in [0.15, 0.2) is 0 Å². The molecule has 2 aromatic carbocycles. The lowest BCUT2D eigenvalue weighted by Crippen LogP contribution is -2.36. The molecule has 5 nitrogen and oxygen atoms in total. The molecule has 0 amide bonds. The molecule has 134 valence electrons. The minimum atomic E-state index is -4.01. The fourth-order valence-electron chi connectivity index (χ4n) is 2.36. The number of nitrogens with one attached hydrogen (secondary N) is 1. The van der Waals surface area contributed by atoms with Crippen molar-refractivity contribution < 1.29 is 22.3 Å². The van der Waals surface area contributed by atoms with Crippen LogP contribution < -0.4 is 4.72 Å². The highest BCUT2D eigenvalue weighted by atomic mass is 79.9. The third-order valence-corrected chi connectivity index (χ3v) is 6.12. The van der Waals surface area contributed by atoms with Crippen LogP contribution in [0.3, 0.4) is 0 Å².